The van der Waals surface area contributed by atoms with Gasteiger partial charge in [0.2, 0.25) is 0 Å². The van der Waals surface area contributed by atoms with Crippen molar-refractivity contribution in [2.24, 2.45) is 0 Å². The molecule has 8 nitrogen and oxygen atoms in total. The lowest BCUT2D eigenvalue weighted by Gasteiger charge is -2.27. The van der Waals surface area contributed by atoms with Crippen LogP contribution in [-0.4, -0.2) is 64.5 Å². The van der Waals surface area contributed by atoms with Crippen molar-refractivity contribution in [3.8, 4) is 16.9 Å². The number of ether oxygens (including phenoxy) is 2. The fourth-order valence-corrected chi connectivity index (χ4v) is 5.00. The number of halogens is 1. The molecule has 0 amide bonds. The Labute approximate surface area is 210 Å². The highest BCUT2D eigenvalue weighted by Gasteiger charge is 2.21. The number of imidazole rings is 1. The number of morpholine rings is 1. The van der Waals surface area contributed by atoms with Crippen LogP contribution in [0, 0.1) is 19.7 Å². The number of hydrogen-bond acceptors (Lipinski definition) is 7. The van der Waals surface area contributed by atoms with Gasteiger partial charge in [0.25, 0.3) is 0 Å². The van der Waals surface area contributed by atoms with Gasteiger partial charge in [-0.3, -0.25) is 4.90 Å². The number of pyridine rings is 1. The van der Waals surface area contributed by atoms with Gasteiger partial charge in [-0.15, -0.1) is 0 Å². The van der Waals surface area contributed by atoms with Crippen LogP contribution in [-0.2, 0) is 17.7 Å². The van der Waals surface area contributed by atoms with E-state index in [2.05, 4.69) is 27.6 Å². The van der Waals surface area contributed by atoms with Crippen LogP contribution in [0.4, 0.5) is 4.39 Å². The van der Waals surface area contributed by atoms with E-state index in [4.69, 9.17) is 24.0 Å². The molecule has 1 fully saturated rings. The quantitative estimate of drug-likeness (QED) is 0.357. The van der Waals surface area contributed by atoms with Crippen molar-refractivity contribution in [3.05, 3.63) is 59.1 Å². The molecule has 3 aromatic heterocycles. The van der Waals surface area contributed by atoms with Crippen molar-refractivity contribution in [2.75, 3.05) is 40.0 Å². The Morgan fingerprint density at radius 1 is 1.14 bits per heavy atom. The molecule has 1 aliphatic rings. The van der Waals surface area contributed by atoms with Crippen LogP contribution in [0.3, 0.4) is 0 Å². The van der Waals surface area contributed by atoms with Gasteiger partial charge in [0.05, 0.1) is 26.0 Å². The number of methoxy groups -OCH3 is 1. The lowest BCUT2D eigenvalue weighted by molar-refractivity contribution is 0.0364. The van der Waals surface area contributed by atoms with Crippen LogP contribution < -0.4 is 4.74 Å². The Kier molecular flexibility index (Phi) is 7.02. The van der Waals surface area contributed by atoms with Crippen molar-refractivity contribution < 1.29 is 18.4 Å². The highest BCUT2D eigenvalue weighted by atomic mass is 19.1. The Morgan fingerprint density at radius 3 is 2.64 bits per heavy atom. The van der Waals surface area contributed by atoms with Gasteiger partial charge in [-0.1, -0.05) is 18.1 Å². The zero-order valence-electron chi connectivity index (χ0n) is 21.3. The number of aryl methyl sites for hydroxylation is 2. The Morgan fingerprint density at radius 2 is 1.94 bits per heavy atom. The predicted octanol–water partition coefficient (Wildman–Crippen LogP) is 4.53. The van der Waals surface area contributed by atoms with Gasteiger partial charge in [0.1, 0.15) is 17.1 Å². The zero-order chi connectivity index (χ0) is 25.2. The second kappa shape index (κ2) is 10.4. The molecule has 9 heteroatoms. The molecule has 0 radical (unpaired) electrons. The fraction of sp³-hybridized carbons (Fsp3) is 0.444. The average Bonchev–Trinajstić information content (AvgIpc) is 3.42. The van der Waals surface area contributed by atoms with E-state index in [1.165, 1.54) is 7.11 Å². The third kappa shape index (κ3) is 4.85. The third-order valence-electron chi connectivity index (χ3n) is 6.88. The minimum absolute atomic E-state index is 0.0548. The van der Waals surface area contributed by atoms with Crippen LogP contribution in [0.1, 0.15) is 35.7 Å². The molecule has 0 bridgehead atoms. The summed E-state index contributed by atoms with van der Waals surface area (Å²) in [5.41, 5.74) is 5.30. The number of rotatable bonds is 8. The molecule has 4 heterocycles. The second-order valence-electron chi connectivity index (χ2n) is 9.42. The number of fused-ring (bicyclic) bond motifs is 1. The second-order valence-corrected chi connectivity index (χ2v) is 9.42. The SMILES string of the molecule is COc1ccc(CC(C)c2nc3cc(-c4c(C)noc4C)cnc3n2CCN2CCOCC2)cc1F. The molecule has 190 valence electrons. The number of aromatic nitrogens is 4. The molecule has 4 aromatic rings. The van der Waals surface area contributed by atoms with E-state index in [1.807, 2.05) is 26.1 Å². The largest absolute Gasteiger partial charge is 0.494 e. The maximum atomic E-state index is 14.3. The Hall–Kier alpha value is -3.30. The first-order chi connectivity index (χ1) is 17.4. The number of hydrogen-bond donors (Lipinski definition) is 0. The number of nitrogens with zero attached hydrogens (tertiary/aromatic N) is 5. The normalized spacial score (nSPS) is 15.5. The van der Waals surface area contributed by atoms with Gasteiger partial charge in [-0.25, -0.2) is 14.4 Å². The minimum atomic E-state index is -0.353. The number of benzene rings is 1. The van der Waals surface area contributed by atoms with Gasteiger partial charge in [-0.05, 0) is 44.0 Å². The van der Waals surface area contributed by atoms with E-state index in [9.17, 15) is 4.39 Å². The van der Waals surface area contributed by atoms with Crippen molar-refractivity contribution in [1.82, 2.24) is 24.6 Å². The van der Waals surface area contributed by atoms with E-state index in [1.54, 1.807) is 12.1 Å². The summed E-state index contributed by atoms with van der Waals surface area (Å²) in [6, 6.07) is 7.19. The third-order valence-corrected chi connectivity index (χ3v) is 6.88. The van der Waals surface area contributed by atoms with Gasteiger partial charge >= 0.3 is 0 Å². The topological polar surface area (TPSA) is 78.4 Å². The summed E-state index contributed by atoms with van der Waals surface area (Å²) in [7, 11) is 1.47. The standard InChI is InChI=1S/C27H32FN5O3/c1-17(13-20-5-6-24(34-4)22(28)14-20)26-30-23-15-21(25-18(2)31-36-19(25)3)16-29-27(23)33(26)8-7-32-9-11-35-12-10-32/h5-6,14-17H,7-13H2,1-4H3. The minimum Gasteiger partial charge on any atom is -0.494 e. The van der Waals surface area contributed by atoms with Crippen molar-refractivity contribution in [2.45, 2.75) is 39.7 Å². The molecular formula is C27H32FN5O3. The Bertz CT molecular complexity index is 1340. The van der Waals surface area contributed by atoms with Gasteiger partial charge in [0, 0.05) is 49.4 Å². The van der Waals surface area contributed by atoms with E-state index >= 15 is 0 Å². The monoisotopic (exact) mass is 493 g/mol. The van der Waals surface area contributed by atoms with Crippen LogP contribution in [0.2, 0.25) is 0 Å². The first-order valence-electron chi connectivity index (χ1n) is 12.4. The summed E-state index contributed by atoms with van der Waals surface area (Å²) >= 11 is 0. The van der Waals surface area contributed by atoms with Crippen LogP contribution in [0.15, 0.2) is 35.0 Å². The van der Waals surface area contributed by atoms with Crippen molar-refractivity contribution in [1.29, 1.82) is 0 Å². The van der Waals surface area contributed by atoms with Gasteiger partial charge in [-0.2, -0.15) is 0 Å². The van der Waals surface area contributed by atoms with E-state index < -0.39 is 0 Å². The summed E-state index contributed by atoms with van der Waals surface area (Å²) in [4.78, 5) is 12.3. The first kappa shape index (κ1) is 24.4. The van der Waals surface area contributed by atoms with E-state index in [0.717, 1.165) is 84.5 Å². The molecule has 1 saturated heterocycles. The van der Waals surface area contributed by atoms with Crippen LogP contribution in [0.25, 0.3) is 22.3 Å². The molecule has 5 rings (SSSR count). The lowest BCUT2D eigenvalue weighted by Crippen LogP contribution is -2.38. The van der Waals surface area contributed by atoms with E-state index in [-0.39, 0.29) is 17.5 Å². The van der Waals surface area contributed by atoms with Crippen molar-refractivity contribution >= 4 is 11.2 Å². The molecule has 1 atom stereocenters. The molecule has 0 N–H and O–H groups in total. The fourth-order valence-electron chi connectivity index (χ4n) is 5.00. The Balaban J connectivity index is 1.49. The molecule has 0 spiro atoms. The predicted molar refractivity (Wildman–Crippen MR) is 135 cm³/mol. The summed E-state index contributed by atoms with van der Waals surface area (Å²) in [5, 5.41) is 4.09. The van der Waals surface area contributed by atoms with Gasteiger partial charge in [0.15, 0.2) is 17.2 Å². The molecule has 0 saturated carbocycles. The molecule has 36 heavy (non-hydrogen) atoms. The van der Waals surface area contributed by atoms with Crippen molar-refractivity contribution in [3.63, 3.8) is 0 Å². The van der Waals surface area contributed by atoms with Gasteiger partial charge < -0.3 is 18.6 Å². The molecule has 1 aliphatic heterocycles. The van der Waals surface area contributed by atoms with Crippen LogP contribution >= 0.6 is 0 Å². The lowest BCUT2D eigenvalue weighted by atomic mass is 10.00. The maximum absolute atomic E-state index is 14.3. The average molecular weight is 494 g/mol. The first-order valence-corrected chi connectivity index (χ1v) is 12.4. The van der Waals surface area contributed by atoms with Crippen LogP contribution in [0.5, 0.6) is 5.75 Å². The molecule has 1 unspecified atom stereocenters. The molecular weight excluding hydrogens is 461 g/mol. The van der Waals surface area contributed by atoms with E-state index in [0.29, 0.717) is 6.42 Å². The highest BCUT2D eigenvalue weighted by Crippen LogP contribution is 2.31. The summed E-state index contributed by atoms with van der Waals surface area (Å²) < 4.78 is 32.5. The summed E-state index contributed by atoms with van der Waals surface area (Å²) in [6.07, 6.45) is 2.52. The summed E-state index contributed by atoms with van der Waals surface area (Å²) in [5.74, 6) is 1.65. The molecule has 1 aromatic carbocycles. The zero-order valence-corrected chi connectivity index (χ0v) is 21.3. The maximum Gasteiger partial charge on any atom is 0.165 e. The molecule has 0 aliphatic carbocycles. The highest BCUT2D eigenvalue weighted by molar-refractivity contribution is 5.80. The smallest absolute Gasteiger partial charge is 0.165 e. The summed E-state index contributed by atoms with van der Waals surface area (Å²) in [6.45, 7) is 11.0.